The number of hydrazine groups is 1. The zero-order valence-corrected chi connectivity index (χ0v) is 12.3. The molecule has 2 unspecified atom stereocenters. The van der Waals surface area contributed by atoms with Crippen molar-refractivity contribution in [1.82, 2.24) is 15.2 Å². The third-order valence-corrected chi connectivity index (χ3v) is 4.78. The van der Waals surface area contributed by atoms with Gasteiger partial charge in [-0.1, -0.05) is 0 Å². The van der Waals surface area contributed by atoms with Gasteiger partial charge in [0, 0.05) is 17.5 Å². The van der Waals surface area contributed by atoms with E-state index in [2.05, 4.69) is 47.7 Å². The molecule has 1 aromatic heterocycles. The predicted octanol–water partition coefficient (Wildman–Crippen LogP) is 1.20. The molecule has 1 aliphatic heterocycles. The van der Waals surface area contributed by atoms with Crippen molar-refractivity contribution in [1.29, 1.82) is 0 Å². The Balaban J connectivity index is 2.22. The maximum atomic E-state index is 5.83. The van der Waals surface area contributed by atoms with Crippen molar-refractivity contribution in [2.24, 2.45) is 5.84 Å². The predicted molar refractivity (Wildman–Crippen MR) is 77.7 cm³/mol. The van der Waals surface area contributed by atoms with Gasteiger partial charge in [0.1, 0.15) is 0 Å². The van der Waals surface area contributed by atoms with E-state index in [1.165, 1.54) is 23.4 Å². The lowest BCUT2D eigenvalue weighted by atomic mass is 9.99. The van der Waals surface area contributed by atoms with Crippen LogP contribution in [0, 0.1) is 6.92 Å². The standard InChI is InChI=1S/C13H24N4S/c1-10-11(5-8-18-10)13(15-14)12-9-16(2)6-4-7-17(12)3/h5,8,12-13,15H,4,6-7,9,14H2,1-3H3. The van der Waals surface area contributed by atoms with Crippen molar-refractivity contribution in [2.45, 2.75) is 25.4 Å². The summed E-state index contributed by atoms with van der Waals surface area (Å²) in [5.74, 6) is 5.83. The van der Waals surface area contributed by atoms with Crippen LogP contribution in [0.4, 0.5) is 0 Å². The molecule has 102 valence electrons. The molecule has 0 radical (unpaired) electrons. The van der Waals surface area contributed by atoms with Crippen molar-refractivity contribution in [3.8, 4) is 0 Å². The number of thiophene rings is 1. The van der Waals surface area contributed by atoms with Crippen LogP contribution in [0.1, 0.15) is 22.9 Å². The van der Waals surface area contributed by atoms with E-state index in [-0.39, 0.29) is 6.04 Å². The normalized spacial score (nSPS) is 25.0. The van der Waals surface area contributed by atoms with E-state index >= 15 is 0 Å². The van der Waals surface area contributed by atoms with Gasteiger partial charge in [-0.3, -0.25) is 11.3 Å². The monoisotopic (exact) mass is 268 g/mol. The number of nitrogens with zero attached hydrogens (tertiary/aromatic N) is 2. The Bertz CT molecular complexity index is 379. The Labute approximate surface area is 114 Å². The summed E-state index contributed by atoms with van der Waals surface area (Å²) in [6.07, 6.45) is 1.23. The minimum atomic E-state index is 0.210. The molecule has 2 rings (SSSR count). The summed E-state index contributed by atoms with van der Waals surface area (Å²) in [6, 6.07) is 2.83. The van der Waals surface area contributed by atoms with E-state index in [1.54, 1.807) is 11.3 Å². The van der Waals surface area contributed by atoms with E-state index in [0.717, 1.165) is 13.1 Å². The molecule has 5 heteroatoms. The summed E-state index contributed by atoms with van der Waals surface area (Å²) in [4.78, 5) is 6.20. The highest BCUT2D eigenvalue weighted by Crippen LogP contribution is 2.27. The number of likely N-dealkylation sites (N-methyl/N-ethyl adjacent to an activating group) is 2. The Hall–Kier alpha value is -0.460. The van der Waals surface area contributed by atoms with E-state index in [0.29, 0.717) is 6.04 Å². The molecule has 0 spiro atoms. The minimum absolute atomic E-state index is 0.210. The Morgan fingerprint density at radius 2 is 2.22 bits per heavy atom. The molecule has 1 saturated heterocycles. The quantitative estimate of drug-likeness (QED) is 0.639. The first-order valence-corrected chi connectivity index (χ1v) is 7.40. The van der Waals surface area contributed by atoms with Crippen molar-refractivity contribution in [3.05, 3.63) is 21.9 Å². The van der Waals surface area contributed by atoms with Gasteiger partial charge in [0.25, 0.3) is 0 Å². The first kappa shape index (κ1) is 14.0. The van der Waals surface area contributed by atoms with E-state index in [9.17, 15) is 0 Å². The molecule has 1 fully saturated rings. The van der Waals surface area contributed by atoms with Crippen LogP contribution >= 0.6 is 11.3 Å². The van der Waals surface area contributed by atoms with Gasteiger partial charge >= 0.3 is 0 Å². The number of nitrogens with two attached hydrogens (primary N) is 1. The first-order valence-electron chi connectivity index (χ1n) is 6.52. The second-order valence-electron chi connectivity index (χ2n) is 5.24. The summed E-state index contributed by atoms with van der Waals surface area (Å²) < 4.78 is 0. The molecule has 0 aromatic carbocycles. The second-order valence-corrected chi connectivity index (χ2v) is 6.36. The lowest BCUT2D eigenvalue weighted by Crippen LogP contribution is -2.48. The molecule has 0 amide bonds. The number of nitrogens with one attached hydrogen (secondary N) is 1. The molecule has 0 saturated carbocycles. The molecule has 0 bridgehead atoms. The van der Waals surface area contributed by atoms with Gasteiger partial charge in [-0.15, -0.1) is 11.3 Å². The van der Waals surface area contributed by atoms with Crippen molar-refractivity contribution < 1.29 is 0 Å². The smallest absolute Gasteiger partial charge is 0.0638 e. The summed E-state index contributed by atoms with van der Waals surface area (Å²) >= 11 is 1.79. The lowest BCUT2D eigenvalue weighted by molar-refractivity contribution is 0.178. The Morgan fingerprint density at radius 1 is 1.44 bits per heavy atom. The fraction of sp³-hybridized carbons (Fsp3) is 0.692. The van der Waals surface area contributed by atoms with E-state index < -0.39 is 0 Å². The highest BCUT2D eigenvalue weighted by atomic mass is 32.1. The van der Waals surface area contributed by atoms with Gasteiger partial charge in [-0.25, -0.2) is 0 Å². The largest absolute Gasteiger partial charge is 0.305 e. The molecular formula is C13H24N4S. The average molecular weight is 268 g/mol. The zero-order valence-electron chi connectivity index (χ0n) is 11.5. The van der Waals surface area contributed by atoms with Gasteiger partial charge in [0.05, 0.1) is 6.04 Å². The molecule has 3 N–H and O–H groups in total. The Morgan fingerprint density at radius 3 is 2.83 bits per heavy atom. The third-order valence-electron chi connectivity index (χ3n) is 3.91. The van der Waals surface area contributed by atoms with Gasteiger partial charge < -0.3 is 9.80 Å². The summed E-state index contributed by atoms with van der Waals surface area (Å²) in [7, 11) is 4.40. The highest BCUT2D eigenvalue weighted by molar-refractivity contribution is 7.10. The number of rotatable bonds is 3. The first-order chi connectivity index (χ1) is 8.63. The Kier molecular flexibility index (Phi) is 4.75. The fourth-order valence-corrected chi connectivity index (χ4v) is 3.54. The van der Waals surface area contributed by atoms with Crippen LogP contribution < -0.4 is 11.3 Å². The number of hydrogen-bond donors (Lipinski definition) is 2. The maximum absolute atomic E-state index is 5.83. The molecule has 2 heterocycles. The second kappa shape index (κ2) is 6.12. The van der Waals surface area contributed by atoms with Crippen LogP contribution in [0.2, 0.25) is 0 Å². The minimum Gasteiger partial charge on any atom is -0.305 e. The topological polar surface area (TPSA) is 44.5 Å². The molecule has 1 aliphatic rings. The fourth-order valence-electron chi connectivity index (χ4n) is 2.79. The number of aryl methyl sites for hydroxylation is 1. The third kappa shape index (κ3) is 2.92. The van der Waals surface area contributed by atoms with E-state index in [4.69, 9.17) is 5.84 Å². The van der Waals surface area contributed by atoms with Crippen LogP contribution in [0.15, 0.2) is 11.4 Å². The molecular weight excluding hydrogens is 244 g/mol. The van der Waals surface area contributed by atoms with Gasteiger partial charge in [-0.2, -0.15) is 0 Å². The lowest BCUT2D eigenvalue weighted by Gasteiger charge is -2.34. The van der Waals surface area contributed by atoms with Crippen LogP contribution in [-0.4, -0.2) is 49.6 Å². The van der Waals surface area contributed by atoms with Gasteiger partial charge in [-0.05, 0) is 57.5 Å². The van der Waals surface area contributed by atoms with Gasteiger partial charge in [0.15, 0.2) is 0 Å². The van der Waals surface area contributed by atoms with Crippen molar-refractivity contribution in [3.63, 3.8) is 0 Å². The van der Waals surface area contributed by atoms with Crippen molar-refractivity contribution >= 4 is 11.3 Å². The molecule has 4 nitrogen and oxygen atoms in total. The van der Waals surface area contributed by atoms with Crippen LogP contribution in [-0.2, 0) is 0 Å². The zero-order chi connectivity index (χ0) is 13.1. The maximum Gasteiger partial charge on any atom is 0.0638 e. The SMILES string of the molecule is Cc1sccc1C(NN)C1CN(C)CCCN1C. The molecule has 2 atom stereocenters. The number of hydrogen-bond acceptors (Lipinski definition) is 5. The summed E-state index contributed by atoms with van der Waals surface area (Å²) in [5, 5.41) is 2.15. The highest BCUT2D eigenvalue weighted by Gasteiger charge is 2.30. The van der Waals surface area contributed by atoms with Crippen molar-refractivity contribution in [2.75, 3.05) is 33.7 Å². The van der Waals surface area contributed by atoms with E-state index in [1.807, 2.05) is 0 Å². The average Bonchev–Trinajstić information content (AvgIpc) is 2.67. The molecule has 1 aromatic rings. The van der Waals surface area contributed by atoms with Gasteiger partial charge in [0.2, 0.25) is 0 Å². The van der Waals surface area contributed by atoms with Crippen LogP contribution in [0.5, 0.6) is 0 Å². The molecule has 18 heavy (non-hydrogen) atoms. The summed E-state index contributed by atoms with van der Waals surface area (Å²) in [6.45, 7) is 5.53. The van der Waals surface area contributed by atoms with Crippen LogP contribution in [0.3, 0.4) is 0 Å². The van der Waals surface area contributed by atoms with Crippen LogP contribution in [0.25, 0.3) is 0 Å². The summed E-state index contributed by atoms with van der Waals surface area (Å²) in [5.41, 5.74) is 4.37. The molecule has 0 aliphatic carbocycles.